The summed E-state index contributed by atoms with van der Waals surface area (Å²) in [6, 6.07) is 123. The number of pyridine rings is 4. The molecule has 0 fully saturated rings. The van der Waals surface area contributed by atoms with E-state index in [1.54, 1.807) is 12.1 Å². The third-order valence-corrected chi connectivity index (χ3v) is 18.9. The summed E-state index contributed by atoms with van der Waals surface area (Å²) in [6.45, 7) is 17.3. The average Bonchev–Trinajstić information content (AvgIpc) is 1.41. The maximum absolute atomic E-state index is 12.6. The van der Waals surface area contributed by atoms with Crippen LogP contribution in [-0.4, -0.2) is 19.9 Å². The van der Waals surface area contributed by atoms with Gasteiger partial charge in [0.1, 0.15) is 0 Å². The number of hydrogen-bond donors (Lipinski definition) is 0. The van der Waals surface area contributed by atoms with Gasteiger partial charge in [-0.2, -0.15) is 182 Å². The number of fused-ring (bicyclic) bond motifs is 6. The number of halogens is 8. The third kappa shape index (κ3) is 26.0. The number of alkyl halides is 6. The van der Waals surface area contributed by atoms with Crippen LogP contribution in [0.4, 0.5) is 26.3 Å². The van der Waals surface area contributed by atoms with Gasteiger partial charge in [0, 0.05) is 47.6 Å². The fourth-order valence-corrected chi connectivity index (χ4v) is 12.5. The minimum absolute atomic E-state index is 0. The van der Waals surface area contributed by atoms with Crippen LogP contribution in [-0.2, 0) is 85.3 Å². The molecule has 0 unspecified atom stereocenters. The molecule has 0 N–H and O–H groups in total. The fourth-order valence-electron chi connectivity index (χ4n) is 12.5. The molecule has 18 rings (SSSR count). The van der Waals surface area contributed by atoms with Gasteiger partial charge in [0.15, 0.2) is 0 Å². The van der Waals surface area contributed by atoms with Crippen molar-refractivity contribution < 1.29 is 88.5 Å². The van der Waals surface area contributed by atoms with Crippen molar-refractivity contribution in [3.63, 3.8) is 0 Å². The van der Waals surface area contributed by atoms with Crippen LogP contribution < -0.4 is 9.97 Å². The Bertz CT molecular complexity index is 5670. The normalized spacial score (nSPS) is 10.9. The van der Waals surface area contributed by atoms with Crippen LogP contribution in [0.1, 0.15) is 74.9 Å². The summed E-state index contributed by atoms with van der Waals surface area (Å²) in [4.78, 5) is 25.8. The summed E-state index contributed by atoms with van der Waals surface area (Å²) < 4.78 is 75.5. The van der Waals surface area contributed by atoms with Crippen molar-refractivity contribution in [2.24, 2.45) is 0 Å². The molecule has 0 aliphatic carbocycles. The van der Waals surface area contributed by atoms with Gasteiger partial charge >= 0.3 is 94.9 Å². The molecule has 2 radical (unpaired) electrons. The van der Waals surface area contributed by atoms with Crippen LogP contribution in [0.3, 0.4) is 0 Å². The molecule has 122 heavy (non-hydrogen) atoms. The topological polar surface area (TPSA) is 79.8 Å². The molecule has 18 aromatic rings. The van der Waals surface area contributed by atoms with E-state index in [0.29, 0.717) is 22.5 Å². The number of para-hydroxylation sites is 4. The monoisotopic (exact) mass is 1830 g/mol. The van der Waals surface area contributed by atoms with Crippen LogP contribution >= 0.6 is 20.4 Å². The molecule has 0 spiro atoms. The van der Waals surface area contributed by atoms with Crippen LogP contribution in [0.25, 0.3) is 133 Å². The van der Waals surface area contributed by atoms with Crippen LogP contribution in [0.15, 0.2) is 328 Å². The molecular formula is C104H78Cl2F6N6Ni4-4. The number of rotatable bonds is 8. The first-order valence-corrected chi connectivity index (χ1v) is 40.6. The van der Waals surface area contributed by atoms with E-state index in [4.69, 9.17) is 0 Å². The predicted octanol–water partition coefficient (Wildman–Crippen LogP) is 28.6. The maximum atomic E-state index is 12.6. The van der Waals surface area contributed by atoms with Crippen LogP contribution in [0, 0.1) is 62.4 Å². The smallest absolute Gasteiger partial charge is 0.657 e. The van der Waals surface area contributed by atoms with Crippen molar-refractivity contribution >= 4 is 64.0 Å². The molecule has 0 aliphatic heterocycles. The van der Waals surface area contributed by atoms with Crippen molar-refractivity contribution in [1.82, 2.24) is 29.9 Å². The third-order valence-electron chi connectivity index (χ3n) is 18.9. The minimum Gasteiger partial charge on any atom is -0.657 e. The van der Waals surface area contributed by atoms with Gasteiger partial charge < -0.3 is 9.97 Å². The number of aryl methyl sites for hydroxylation is 2. The van der Waals surface area contributed by atoms with E-state index in [1.165, 1.54) is 44.8 Å². The molecule has 6 aromatic heterocycles. The van der Waals surface area contributed by atoms with E-state index >= 15 is 0 Å². The summed E-state index contributed by atoms with van der Waals surface area (Å²) in [5.74, 6) is 0. The Morgan fingerprint density at radius 1 is 0.279 bits per heavy atom. The van der Waals surface area contributed by atoms with E-state index in [9.17, 15) is 26.3 Å². The predicted molar refractivity (Wildman–Crippen MR) is 469 cm³/mol. The Balaban J connectivity index is 0.000000166. The average molecular weight is 1830 g/mol. The van der Waals surface area contributed by atoms with Crippen molar-refractivity contribution in [1.29, 1.82) is 0 Å². The van der Waals surface area contributed by atoms with E-state index in [-0.39, 0.29) is 43.8 Å². The van der Waals surface area contributed by atoms with Gasteiger partial charge in [-0.1, -0.05) is 201 Å². The first kappa shape index (κ1) is 94.8. The van der Waals surface area contributed by atoms with Gasteiger partial charge in [0.2, 0.25) is 0 Å². The molecule has 0 bridgehead atoms. The van der Waals surface area contributed by atoms with Gasteiger partial charge in [-0.05, 0) is 44.5 Å². The Kier molecular flexibility index (Phi) is 34.7. The Hall–Kier alpha value is -11.0. The summed E-state index contributed by atoms with van der Waals surface area (Å²) in [5.41, 5.74) is 21.5. The van der Waals surface area contributed by atoms with E-state index < -0.39 is 23.5 Å². The molecule has 0 saturated carbocycles. The standard InChI is InChI=1S/2C21H19N.2C19H12F3N.2C12H8N.2ClH.4Ni/c2*1-21(2,3)19-14-17(16-9-5-4-6-10-16)13-18(15-19)20-11-7-8-12-22-20;2*1-13-5-7-14(8-6-13)15-3-2-4-16(11-15)18-10-9-17(12-23-18)19(20,21)22;2*1-3-7-11-9(5-1)10-6-2-4-8-12(10)13-11;;;;;;/h2*4-9,11-12,14-15H,1-3H3;2*2-7,9-10,12H,1H3;2*1-8H;2*1H;;;;/q4*-2;2*-1;;;2*+1;2*+3/p-2. The molecule has 0 atom stereocenters. The summed E-state index contributed by atoms with van der Waals surface area (Å²) >= 11 is 6.69. The van der Waals surface area contributed by atoms with Crippen molar-refractivity contribution in [3.05, 3.63) is 410 Å². The maximum Gasteiger partial charge on any atom is 3.00 e. The molecule has 18 heteroatoms. The van der Waals surface area contributed by atoms with Gasteiger partial charge in [0.25, 0.3) is 0 Å². The zero-order valence-electron chi connectivity index (χ0n) is 67.1. The number of hydrogen-bond acceptors (Lipinski definition) is 4. The zero-order valence-corrected chi connectivity index (χ0v) is 72.6. The molecule has 0 saturated heterocycles. The fraction of sp³-hybridized carbons (Fsp3) is 0.115. The van der Waals surface area contributed by atoms with Gasteiger partial charge in [-0.15, -0.1) is 127 Å². The number of nitrogens with zero attached hydrogens (tertiary/aromatic N) is 6. The minimum atomic E-state index is -4.38. The van der Waals surface area contributed by atoms with Gasteiger partial charge in [-0.3, -0.25) is 19.9 Å². The zero-order chi connectivity index (χ0) is 85.4. The van der Waals surface area contributed by atoms with Crippen LogP contribution in [0.2, 0.25) is 0 Å². The second-order valence-electron chi connectivity index (χ2n) is 29.5. The van der Waals surface area contributed by atoms with Crippen molar-refractivity contribution in [2.45, 2.75) is 78.6 Å². The molecule has 6 heterocycles. The molecule has 6 nitrogen and oxygen atoms in total. The van der Waals surface area contributed by atoms with Crippen molar-refractivity contribution in [3.8, 4) is 89.5 Å². The first-order valence-electron chi connectivity index (χ1n) is 37.9. The summed E-state index contributed by atoms with van der Waals surface area (Å²) in [7, 11) is 8.53. The second-order valence-corrected chi connectivity index (χ2v) is 29.5. The number of aromatic nitrogens is 6. The molecule has 0 amide bonds. The summed E-state index contributed by atoms with van der Waals surface area (Å²) in [6.07, 6.45) is -3.44. The Morgan fingerprint density at radius 2 is 0.574 bits per heavy atom. The quantitative estimate of drug-likeness (QED) is 0.0857. The Morgan fingerprint density at radius 3 is 0.861 bits per heavy atom. The van der Waals surface area contributed by atoms with Gasteiger partial charge in [0.05, 0.1) is 11.1 Å². The second kappa shape index (κ2) is 44.7. The molecule has 12 aromatic carbocycles. The van der Waals surface area contributed by atoms with E-state index in [2.05, 4.69) is 279 Å². The summed E-state index contributed by atoms with van der Waals surface area (Å²) in [5, 5.41) is 4.99. The van der Waals surface area contributed by atoms with Crippen molar-refractivity contribution in [2.75, 3.05) is 0 Å². The molecule has 0 aliphatic rings. The molecular weight excluding hydrogens is 1750 g/mol. The van der Waals surface area contributed by atoms with Crippen LogP contribution in [0.5, 0.6) is 0 Å². The van der Waals surface area contributed by atoms with E-state index in [1.807, 2.05) is 184 Å². The Labute approximate surface area is 754 Å². The largest absolute Gasteiger partial charge is 3.00 e. The SMILES string of the molecule is CC(C)(C)c1cc(-c2[c-]cccc2)[c-]c(-c2ccccn2)c1.CC(C)(C)c1cc(-c2[c-]cccc2)[c-]c(-c2ccccn2)c1.Cc1c[c-]c(-c2[c-]c(-c3ccc(C(F)(F)F)cn3)ccc2)cc1.Cc1c[c-]c(-c2[c-]c(-c3ccc(C(F)(F)F)cn3)ccc2)cc1.[Cl][Ni].[Cl][Ni].[Ni+3].[Ni+3].c1ccc2c(c1)[n-]c1ccccc12.c1ccc2c(c1)[n-]c1ccccc12. The van der Waals surface area contributed by atoms with E-state index in [0.717, 1.165) is 125 Å². The van der Waals surface area contributed by atoms with Gasteiger partial charge in [-0.25, -0.2) is 22.3 Å². The molecule has 624 valence electrons. The first-order chi connectivity index (χ1) is 57.8. The number of benzene rings is 12.